The Bertz CT molecular complexity index is 2980. The number of carbonyl (C=O) groups excluding carboxylic acids is 4. The number of hydrogen-bond acceptors (Lipinski definition) is 12. The number of rotatable bonds is 27. The Morgan fingerprint density at radius 1 is 0.446 bits per heavy atom. The summed E-state index contributed by atoms with van der Waals surface area (Å²) in [6, 6.07) is 38.8. The second-order valence-electron chi connectivity index (χ2n) is 17.5. The Balaban J connectivity index is 1.46. The summed E-state index contributed by atoms with van der Waals surface area (Å²) in [5, 5.41) is 0. The Hall–Kier alpha value is -8.32. The van der Waals surface area contributed by atoms with Crippen LogP contribution in [0.2, 0.25) is 0 Å². The molecular formula is C62H64N2O10. The molecule has 0 fully saturated rings. The van der Waals surface area contributed by atoms with Gasteiger partial charge in [0.2, 0.25) is 0 Å². The molecule has 0 bridgehead atoms. The standard InChI is InChI=1S/C62H64N2O10/c1-13-63(36-39(2)57(65)48-28-20-26-46(30-48)44-22-16-14-17-23-44)56(42(5)60(68)49-29-21-27-47(31-49)45-24-18-15-19-25-45)43(6)64(37-40(3)58(66)52-32-50(69-7)34-54(71-9)61(52)73-11)38-41(4)59(67)53-33-51(70-8)35-55(72-10)62(53)74-12/h14-35,43,56H,2-5,13,36-38H2,1,6-12H3. The van der Waals surface area contributed by atoms with Gasteiger partial charge in [-0.3, -0.25) is 29.0 Å². The molecule has 6 aromatic carbocycles. The van der Waals surface area contributed by atoms with Gasteiger partial charge in [-0.2, -0.15) is 0 Å². The van der Waals surface area contributed by atoms with E-state index in [9.17, 15) is 14.4 Å². The number of hydrogen-bond donors (Lipinski definition) is 0. The number of ketones is 4. The zero-order valence-electron chi connectivity index (χ0n) is 43.5. The third kappa shape index (κ3) is 12.5. The Labute approximate surface area is 434 Å². The molecule has 0 heterocycles. The van der Waals surface area contributed by atoms with E-state index >= 15 is 4.79 Å². The van der Waals surface area contributed by atoms with Crippen LogP contribution in [0.15, 0.2) is 182 Å². The minimum absolute atomic E-state index is 0.0193. The molecule has 0 spiro atoms. The molecule has 0 amide bonds. The van der Waals surface area contributed by atoms with Crippen LogP contribution < -0.4 is 28.4 Å². The molecule has 74 heavy (non-hydrogen) atoms. The molecule has 12 heteroatoms. The minimum atomic E-state index is -0.878. The van der Waals surface area contributed by atoms with Crippen molar-refractivity contribution in [3.8, 4) is 56.8 Å². The van der Waals surface area contributed by atoms with Gasteiger partial charge in [0.1, 0.15) is 11.5 Å². The molecule has 0 radical (unpaired) electrons. The van der Waals surface area contributed by atoms with Crippen molar-refractivity contribution in [2.75, 3.05) is 68.8 Å². The average Bonchev–Trinajstić information content (AvgIpc) is 3.45. The molecule has 0 aliphatic carbocycles. The fraction of sp³-hybridized carbons (Fsp3) is 0.226. The number of methoxy groups -OCH3 is 6. The minimum Gasteiger partial charge on any atom is -0.497 e. The second kappa shape index (κ2) is 25.4. The van der Waals surface area contributed by atoms with Crippen LogP contribution >= 0.6 is 0 Å². The van der Waals surface area contributed by atoms with Crippen LogP contribution in [-0.2, 0) is 0 Å². The molecule has 0 saturated carbocycles. The van der Waals surface area contributed by atoms with Crippen molar-refractivity contribution in [2.45, 2.75) is 25.9 Å². The number of ether oxygens (including phenoxy) is 6. The van der Waals surface area contributed by atoms with Gasteiger partial charge in [0.15, 0.2) is 46.1 Å². The third-order valence-electron chi connectivity index (χ3n) is 13.0. The lowest BCUT2D eigenvalue weighted by Crippen LogP contribution is -2.54. The highest BCUT2D eigenvalue weighted by Gasteiger charge is 2.37. The lowest BCUT2D eigenvalue weighted by atomic mass is 9.89. The summed E-state index contributed by atoms with van der Waals surface area (Å²) >= 11 is 0. The highest BCUT2D eigenvalue weighted by atomic mass is 16.5. The van der Waals surface area contributed by atoms with Gasteiger partial charge in [-0.1, -0.05) is 130 Å². The number of nitrogens with zero attached hydrogens (tertiary/aromatic N) is 2. The van der Waals surface area contributed by atoms with E-state index in [1.165, 1.54) is 54.8 Å². The summed E-state index contributed by atoms with van der Waals surface area (Å²) in [5.41, 5.74) is 5.32. The van der Waals surface area contributed by atoms with E-state index in [1.807, 2.05) is 121 Å². The Morgan fingerprint density at radius 2 is 0.838 bits per heavy atom. The summed E-state index contributed by atoms with van der Waals surface area (Å²) < 4.78 is 33.6. The second-order valence-corrected chi connectivity index (χ2v) is 17.5. The highest BCUT2D eigenvalue weighted by Crippen LogP contribution is 2.39. The lowest BCUT2D eigenvalue weighted by Gasteiger charge is -2.42. The van der Waals surface area contributed by atoms with Crippen LogP contribution in [0.4, 0.5) is 0 Å². The van der Waals surface area contributed by atoms with E-state index < -0.39 is 23.7 Å². The summed E-state index contributed by atoms with van der Waals surface area (Å²) in [6.07, 6.45) is 0. The molecule has 0 N–H and O–H groups in total. The van der Waals surface area contributed by atoms with Crippen LogP contribution in [-0.4, -0.2) is 114 Å². The number of Topliss-reactive ketones (excluding diaryl/α,β-unsaturated/α-hetero) is 4. The van der Waals surface area contributed by atoms with Gasteiger partial charge >= 0.3 is 0 Å². The van der Waals surface area contributed by atoms with E-state index in [1.54, 1.807) is 24.3 Å². The fourth-order valence-electron chi connectivity index (χ4n) is 9.02. The molecule has 0 aromatic heterocycles. The van der Waals surface area contributed by atoms with Gasteiger partial charge < -0.3 is 28.4 Å². The first-order valence-electron chi connectivity index (χ1n) is 23.9. The van der Waals surface area contributed by atoms with Gasteiger partial charge in [0, 0.05) is 71.2 Å². The largest absolute Gasteiger partial charge is 0.497 e. The predicted molar refractivity (Wildman–Crippen MR) is 292 cm³/mol. The maximum Gasteiger partial charge on any atom is 0.193 e. The normalized spacial score (nSPS) is 11.8. The van der Waals surface area contributed by atoms with Crippen molar-refractivity contribution in [3.63, 3.8) is 0 Å². The van der Waals surface area contributed by atoms with Gasteiger partial charge in [-0.25, -0.2) is 0 Å². The van der Waals surface area contributed by atoms with Crippen molar-refractivity contribution < 1.29 is 47.6 Å². The number of benzene rings is 6. The predicted octanol–water partition coefficient (Wildman–Crippen LogP) is 11.5. The first-order chi connectivity index (χ1) is 35.6. The highest BCUT2D eigenvalue weighted by molar-refractivity contribution is 6.13. The van der Waals surface area contributed by atoms with Crippen molar-refractivity contribution in [2.24, 2.45) is 0 Å². The summed E-state index contributed by atoms with van der Waals surface area (Å²) in [4.78, 5) is 62.7. The Kier molecular flexibility index (Phi) is 18.9. The van der Waals surface area contributed by atoms with Crippen LogP contribution in [0.25, 0.3) is 22.3 Å². The van der Waals surface area contributed by atoms with Gasteiger partial charge in [0.05, 0.1) is 59.8 Å². The van der Waals surface area contributed by atoms with Crippen LogP contribution in [0.5, 0.6) is 34.5 Å². The van der Waals surface area contributed by atoms with Crippen LogP contribution in [0, 0.1) is 0 Å². The molecular weight excluding hydrogens is 933 g/mol. The average molecular weight is 997 g/mol. The molecule has 0 aliphatic rings. The summed E-state index contributed by atoms with van der Waals surface area (Å²) in [6.45, 7) is 21.2. The summed E-state index contributed by atoms with van der Waals surface area (Å²) in [7, 11) is 8.70. The first-order valence-corrected chi connectivity index (χ1v) is 23.9. The zero-order valence-corrected chi connectivity index (χ0v) is 43.5. The molecule has 0 aliphatic heterocycles. The molecule has 12 nitrogen and oxygen atoms in total. The van der Waals surface area contributed by atoms with E-state index in [2.05, 4.69) is 26.3 Å². The molecule has 6 aromatic rings. The topological polar surface area (TPSA) is 130 Å². The van der Waals surface area contributed by atoms with Crippen LogP contribution in [0.3, 0.4) is 0 Å². The fourth-order valence-corrected chi connectivity index (χ4v) is 9.02. The van der Waals surface area contributed by atoms with E-state index in [4.69, 9.17) is 28.4 Å². The zero-order chi connectivity index (χ0) is 53.6. The Morgan fingerprint density at radius 3 is 1.23 bits per heavy atom. The molecule has 6 rings (SSSR count). The quantitative estimate of drug-likeness (QED) is 0.0360. The van der Waals surface area contributed by atoms with Crippen molar-refractivity contribution >= 4 is 23.1 Å². The van der Waals surface area contributed by atoms with Crippen molar-refractivity contribution in [1.29, 1.82) is 0 Å². The lowest BCUT2D eigenvalue weighted by molar-refractivity contribution is 0.0885. The smallest absolute Gasteiger partial charge is 0.193 e. The molecule has 0 saturated heterocycles. The molecule has 2 unspecified atom stereocenters. The summed E-state index contributed by atoms with van der Waals surface area (Å²) in [5.74, 6) is -0.0707. The maximum atomic E-state index is 15.1. The van der Waals surface area contributed by atoms with Gasteiger partial charge in [0.25, 0.3) is 0 Å². The van der Waals surface area contributed by atoms with E-state index in [0.717, 1.165) is 22.3 Å². The SMILES string of the molecule is C=C(CN(CC)C(C(=C)C(=O)c1cccc(-c2ccccc2)c1)C(C)N(CC(=C)C(=O)c1cc(OC)cc(OC)c1OC)CC(=C)C(=O)c1cc(OC)cc(OC)c1OC)C(=O)c1cccc(-c2ccccc2)c1. The number of likely N-dealkylation sites (N-methyl/N-ethyl adjacent to an activating group) is 1. The molecule has 2 atom stereocenters. The van der Waals surface area contributed by atoms with Crippen LogP contribution in [0.1, 0.15) is 55.3 Å². The maximum absolute atomic E-state index is 15.1. The van der Waals surface area contributed by atoms with Crippen molar-refractivity contribution in [1.82, 2.24) is 9.80 Å². The monoisotopic (exact) mass is 996 g/mol. The van der Waals surface area contributed by atoms with E-state index in [0.29, 0.717) is 29.2 Å². The van der Waals surface area contributed by atoms with Gasteiger partial charge in [-0.05, 0) is 60.0 Å². The van der Waals surface area contributed by atoms with Gasteiger partial charge in [-0.15, -0.1) is 0 Å². The van der Waals surface area contributed by atoms with E-state index in [-0.39, 0.29) is 87.6 Å². The molecule has 382 valence electrons. The van der Waals surface area contributed by atoms with Crippen molar-refractivity contribution in [3.05, 3.63) is 204 Å². The first kappa shape index (κ1) is 55.0. The third-order valence-corrected chi connectivity index (χ3v) is 13.0. The number of carbonyl (C=O) groups is 4.